The van der Waals surface area contributed by atoms with Gasteiger partial charge in [0.1, 0.15) is 12.4 Å². The Morgan fingerprint density at radius 2 is 2.00 bits per heavy atom. The largest absolute Gasteiger partial charge is 0.489 e. The van der Waals surface area contributed by atoms with Crippen LogP contribution in [0.15, 0.2) is 29.2 Å². The van der Waals surface area contributed by atoms with E-state index in [4.69, 9.17) is 9.88 Å². The van der Waals surface area contributed by atoms with Gasteiger partial charge in [0.15, 0.2) is 0 Å². The van der Waals surface area contributed by atoms with E-state index in [9.17, 15) is 8.42 Å². The maximum atomic E-state index is 11.6. The lowest BCUT2D eigenvalue weighted by Crippen LogP contribution is -2.15. The van der Waals surface area contributed by atoms with Crippen LogP contribution >= 0.6 is 0 Å². The summed E-state index contributed by atoms with van der Waals surface area (Å²) in [5, 5.41) is 5.24. The molecule has 20 heavy (non-hydrogen) atoms. The molecule has 0 spiro atoms. The zero-order valence-corrected chi connectivity index (χ0v) is 13.4. The molecule has 0 bridgehead atoms. The van der Waals surface area contributed by atoms with Gasteiger partial charge in [0.05, 0.1) is 4.90 Å². The van der Waals surface area contributed by atoms with Crippen molar-refractivity contribution in [2.75, 3.05) is 6.61 Å². The second-order valence-corrected chi connectivity index (χ2v) is 6.78. The van der Waals surface area contributed by atoms with E-state index in [0.29, 0.717) is 17.9 Å². The quantitative estimate of drug-likeness (QED) is 0.820. The first-order valence-corrected chi connectivity index (χ1v) is 8.18. The number of rotatable bonds is 6. The molecule has 1 aromatic carbocycles. The van der Waals surface area contributed by atoms with E-state index in [2.05, 4.69) is 6.58 Å². The highest BCUT2D eigenvalue weighted by Gasteiger charge is 2.18. The molecule has 0 amide bonds. The van der Waals surface area contributed by atoms with Gasteiger partial charge in [-0.3, -0.25) is 0 Å². The third-order valence-electron chi connectivity index (χ3n) is 3.17. The SMILES string of the molecule is C=C(CC)COc1cc(C)c(S(N)(=O)=O)cc1C(C)C. The van der Waals surface area contributed by atoms with Crippen molar-refractivity contribution < 1.29 is 13.2 Å². The van der Waals surface area contributed by atoms with Gasteiger partial charge in [0.25, 0.3) is 0 Å². The number of primary sulfonamides is 1. The Labute approximate surface area is 121 Å². The molecular formula is C15H23NO3S. The second-order valence-electron chi connectivity index (χ2n) is 5.25. The van der Waals surface area contributed by atoms with Crippen molar-refractivity contribution in [2.24, 2.45) is 5.14 Å². The lowest BCUT2D eigenvalue weighted by atomic mass is 10.0. The van der Waals surface area contributed by atoms with Gasteiger partial charge < -0.3 is 4.74 Å². The van der Waals surface area contributed by atoms with E-state index in [1.165, 1.54) is 0 Å². The van der Waals surface area contributed by atoms with Crippen molar-refractivity contribution in [3.63, 3.8) is 0 Å². The third-order valence-corrected chi connectivity index (χ3v) is 4.22. The molecule has 5 heteroatoms. The van der Waals surface area contributed by atoms with Crippen molar-refractivity contribution in [1.29, 1.82) is 0 Å². The molecule has 1 aromatic rings. The number of benzene rings is 1. The van der Waals surface area contributed by atoms with E-state index in [1.54, 1.807) is 19.1 Å². The maximum Gasteiger partial charge on any atom is 0.238 e. The van der Waals surface area contributed by atoms with Gasteiger partial charge in [0, 0.05) is 0 Å². The smallest absolute Gasteiger partial charge is 0.238 e. The summed E-state index contributed by atoms with van der Waals surface area (Å²) in [6, 6.07) is 3.34. The predicted octanol–water partition coefficient (Wildman–Crippen LogP) is 3.11. The lowest BCUT2D eigenvalue weighted by Gasteiger charge is -2.17. The highest BCUT2D eigenvalue weighted by Crippen LogP contribution is 2.31. The van der Waals surface area contributed by atoms with Crippen LogP contribution < -0.4 is 9.88 Å². The molecule has 0 aliphatic heterocycles. The van der Waals surface area contributed by atoms with Gasteiger partial charge in [-0.1, -0.05) is 27.4 Å². The van der Waals surface area contributed by atoms with Crippen LogP contribution in [0.4, 0.5) is 0 Å². The minimum atomic E-state index is -3.72. The highest BCUT2D eigenvalue weighted by molar-refractivity contribution is 7.89. The number of aryl methyl sites for hydroxylation is 1. The molecule has 0 aliphatic carbocycles. The molecule has 2 N–H and O–H groups in total. The van der Waals surface area contributed by atoms with Gasteiger partial charge in [-0.15, -0.1) is 0 Å². The van der Waals surface area contributed by atoms with Gasteiger partial charge in [-0.05, 0) is 48.1 Å². The fraction of sp³-hybridized carbons (Fsp3) is 0.467. The average molecular weight is 297 g/mol. The Balaban J connectivity index is 3.25. The summed E-state index contributed by atoms with van der Waals surface area (Å²) in [6.45, 7) is 12.0. The molecule has 112 valence electrons. The molecule has 0 atom stereocenters. The molecule has 1 rings (SSSR count). The summed E-state index contributed by atoms with van der Waals surface area (Å²) in [4.78, 5) is 0.155. The normalized spacial score (nSPS) is 11.7. The summed E-state index contributed by atoms with van der Waals surface area (Å²) in [5.74, 6) is 0.834. The van der Waals surface area contributed by atoms with Crippen LogP contribution in [0, 0.1) is 6.92 Å². The number of hydrogen-bond acceptors (Lipinski definition) is 3. The maximum absolute atomic E-state index is 11.6. The first-order chi connectivity index (χ1) is 9.16. The predicted molar refractivity (Wildman–Crippen MR) is 81.6 cm³/mol. The Kier molecular flexibility index (Phi) is 5.36. The number of nitrogens with two attached hydrogens (primary N) is 1. The molecule has 4 nitrogen and oxygen atoms in total. The van der Waals surface area contributed by atoms with Crippen molar-refractivity contribution in [3.8, 4) is 5.75 Å². The molecule has 0 saturated heterocycles. The molecule has 0 radical (unpaired) electrons. The average Bonchev–Trinajstić information content (AvgIpc) is 2.33. The van der Waals surface area contributed by atoms with Crippen molar-refractivity contribution in [1.82, 2.24) is 0 Å². The number of ether oxygens (including phenoxy) is 1. The Bertz CT molecular complexity index is 604. The van der Waals surface area contributed by atoms with E-state index in [-0.39, 0.29) is 10.8 Å². The van der Waals surface area contributed by atoms with Gasteiger partial charge in [0.2, 0.25) is 10.0 Å². The van der Waals surface area contributed by atoms with Gasteiger partial charge in [-0.25, -0.2) is 13.6 Å². The van der Waals surface area contributed by atoms with E-state index < -0.39 is 10.0 Å². The summed E-state index contributed by atoms with van der Waals surface area (Å²) in [7, 11) is -3.72. The van der Waals surface area contributed by atoms with Crippen LogP contribution in [0.25, 0.3) is 0 Å². The fourth-order valence-electron chi connectivity index (χ4n) is 1.84. The second kappa shape index (κ2) is 6.41. The van der Waals surface area contributed by atoms with Crippen LogP contribution in [0.5, 0.6) is 5.75 Å². The van der Waals surface area contributed by atoms with Crippen LogP contribution in [0.3, 0.4) is 0 Å². The first kappa shape index (κ1) is 16.7. The van der Waals surface area contributed by atoms with Gasteiger partial charge >= 0.3 is 0 Å². The van der Waals surface area contributed by atoms with E-state index in [0.717, 1.165) is 17.6 Å². The Morgan fingerprint density at radius 1 is 1.40 bits per heavy atom. The minimum Gasteiger partial charge on any atom is -0.489 e. The zero-order valence-electron chi connectivity index (χ0n) is 12.6. The third kappa shape index (κ3) is 4.08. The van der Waals surface area contributed by atoms with Gasteiger partial charge in [-0.2, -0.15) is 0 Å². The monoisotopic (exact) mass is 297 g/mol. The lowest BCUT2D eigenvalue weighted by molar-refractivity contribution is 0.343. The van der Waals surface area contributed by atoms with Crippen LogP contribution in [0.1, 0.15) is 44.2 Å². The highest BCUT2D eigenvalue weighted by atomic mass is 32.2. The molecule has 0 fully saturated rings. The summed E-state index contributed by atoms with van der Waals surface area (Å²) in [6.07, 6.45) is 0.852. The summed E-state index contributed by atoms with van der Waals surface area (Å²) in [5.41, 5.74) is 2.42. The van der Waals surface area contributed by atoms with Crippen LogP contribution in [0.2, 0.25) is 0 Å². The molecular weight excluding hydrogens is 274 g/mol. The van der Waals surface area contributed by atoms with E-state index in [1.807, 2.05) is 20.8 Å². The molecule has 0 heterocycles. The van der Waals surface area contributed by atoms with E-state index >= 15 is 0 Å². The van der Waals surface area contributed by atoms with Crippen molar-refractivity contribution in [2.45, 2.75) is 44.9 Å². The van der Waals surface area contributed by atoms with Crippen LogP contribution in [-0.2, 0) is 10.0 Å². The zero-order chi connectivity index (χ0) is 15.5. The molecule has 0 unspecified atom stereocenters. The summed E-state index contributed by atoms with van der Waals surface area (Å²) >= 11 is 0. The molecule has 0 saturated carbocycles. The number of sulfonamides is 1. The fourth-order valence-corrected chi connectivity index (χ4v) is 2.64. The minimum absolute atomic E-state index is 0.140. The van der Waals surface area contributed by atoms with Crippen molar-refractivity contribution in [3.05, 3.63) is 35.4 Å². The van der Waals surface area contributed by atoms with Crippen molar-refractivity contribution >= 4 is 10.0 Å². The standard InChI is InChI=1S/C15H23NO3S/c1-6-11(4)9-19-14-7-12(5)15(20(16,17)18)8-13(14)10(2)3/h7-8,10H,4,6,9H2,1-3,5H3,(H2,16,17,18). The first-order valence-electron chi connectivity index (χ1n) is 6.63. The Hall–Kier alpha value is -1.33. The molecule has 0 aliphatic rings. The summed E-state index contributed by atoms with van der Waals surface area (Å²) < 4.78 is 28.9. The molecule has 0 aromatic heterocycles. The Morgan fingerprint density at radius 3 is 2.45 bits per heavy atom. The number of hydrogen-bond donors (Lipinski definition) is 1. The topological polar surface area (TPSA) is 69.4 Å². The van der Waals surface area contributed by atoms with Crippen LogP contribution in [-0.4, -0.2) is 15.0 Å².